The Morgan fingerprint density at radius 1 is 1.30 bits per heavy atom. The van der Waals surface area contributed by atoms with Crippen molar-refractivity contribution < 1.29 is 14.3 Å². The summed E-state index contributed by atoms with van der Waals surface area (Å²) in [4.78, 5) is 11.7. The maximum atomic E-state index is 11.7. The summed E-state index contributed by atoms with van der Waals surface area (Å²) < 4.78 is 11.1. The van der Waals surface area contributed by atoms with Gasteiger partial charge in [0, 0.05) is 12.1 Å². The molecule has 5 heteroatoms. The third-order valence-electron chi connectivity index (χ3n) is 2.49. The molecule has 1 amide bonds. The second-order valence-electron chi connectivity index (χ2n) is 5.42. The summed E-state index contributed by atoms with van der Waals surface area (Å²) in [6.07, 6.45) is 0. The van der Waals surface area contributed by atoms with E-state index in [0.29, 0.717) is 36.8 Å². The summed E-state index contributed by atoms with van der Waals surface area (Å²) >= 11 is 0. The molecule has 1 aromatic rings. The molecule has 0 aliphatic carbocycles. The number of benzene rings is 1. The summed E-state index contributed by atoms with van der Waals surface area (Å²) in [5, 5.41) is 2.74. The third-order valence-corrected chi connectivity index (χ3v) is 2.49. The summed E-state index contributed by atoms with van der Waals surface area (Å²) in [7, 11) is 0. The Morgan fingerprint density at radius 3 is 2.60 bits per heavy atom. The highest BCUT2D eigenvalue weighted by atomic mass is 16.5. The molecule has 0 radical (unpaired) electrons. The Kier molecular flexibility index (Phi) is 5.82. The van der Waals surface area contributed by atoms with Crippen LogP contribution in [-0.4, -0.2) is 31.3 Å². The Hall–Kier alpha value is -1.75. The lowest BCUT2D eigenvalue weighted by molar-refractivity contribution is -0.0162. The van der Waals surface area contributed by atoms with Crippen molar-refractivity contribution in [3.63, 3.8) is 0 Å². The van der Waals surface area contributed by atoms with Crippen molar-refractivity contribution >= 4 is 11.6 Å². The minimum absolute atomic E-state index is 0.136. The number of carbonyl (C=O) groups is 1. The van der Waals surface area contributed by atoms with Crippen molar-refractivity contribution in [1.29, 1.82) is 0 Å². The van der Waals surface area contributed by atoms with Crippen LogP contribution in [0.5, 0.6) is 5.75 Å². The number of nitrogens with one attached hydrogen (secondary N) is 1. The third kappa shape index (κ3) is 5.48. The summed E-state index contributed by atoms with van der Waals surface area (Å²) in [6.45, 7) is 9.26. The Labute approximate surface area is 120 Å². The van der Waals surface area contributed by atoms with E-state index in [4.69, 9.17) is 15.2 Å². The zero-order chi connectivity index (χ0) is 15.2. The van der Waals surface area contributed by atoms with Crippen molar-refractivity contribution in [2.45, 2.75) is 33.3 Å². The minimum atomic E-state index is -0.197. The number of amides is 1. The first-order chi connectivity index (χ1) is 9.33. The van der Waals surface area contributed by atoms with Gasteiger partial charge in [-0.25, -0.2) is 0 Å². The zero-order valence-corrected chi connectivity index (χ0v) is 12.7. The average molecular weight is 280 g/mol. The molecule has 0 aliphatic rings. The van der Waals surface area contributed by atoms with E-state index >= 15 is 0 Å². The van der Waals surface area contributed by atoms with E-state index in [1.807, 2.05) is 27.7 Å². The van der Waals surface area contributed by atoms with Crippen LogP contribution >= 0.6 is 0 Å². The molecular formula is C15H24N2O3. The predicted molar refractivity (Wildman–Crippen MR) is 80.1 cm³/mol. The predicted octanol–water partition coefficient (Wildman–Crippen LogP) is 2.21. The number of hydrogen-bond donors (Lipinski definition) is 2. The number of ether oxygens (including phenoxy) is 2. The number of rotatable bonds is 6. The SMILES string of the molecule is CCNC(=O)c1ccc(N)c(OCCOC(C)(C)C)c1. The van der Waals surface area contributed by atoms with Crippen molar-refractivity contribution in [1.82, 2.24) is 5.32 Å². The molecular weight excluding hydrogens is 256 g/mol. The lowest BCUT2D eigenvalue weighted by Crippen LogP contribution is -2.23. The first-order valence-electron chi connectivity index (χ1n) is 6.78. The van der Waals surface area contributed by atoms with E-state index in [0.717, 1.165) is 0 Å². The molecule has 1 rings (SSSR count). The smallest absolute Gasteiger partial charge is 0.251 e. The molecule has 0 fully saturated rings. The van der Waals surface area contributed by atoms with Crippen LogP contribution in [0.15, 0.2) is 18.2 Å². The van der Waals surface area contributed by atoms with Gasteiger partial charge in [-0.05, 0) is 45.9 Å². The Bertz CT molecular complexity index is 453. The number of carbonyl (C=O) groups excluding carboxylic acids is 1. The highest BCUT2D eigenvalue weighted by molar-refractivity contribution is 5.95. The number of nitrogens with two attached hydrogens (primary N) is 1. The van der Waals surface area contributed by atoms with Gasteiger partial charge < -0.3 is 20.5 Å². The number of hydrogen-bond acceptors (Lipinski definition) is 4. The number of nitrogen functional groups attached to an aromatic ring is 1. The number of anilines is 1. The molecule has 0 saturated carbocycles. The van der Waals surface area contributed by atoms with Crippen LogP contribution < -0.4 is 15.8 Å². The van der Waals surface area contributed by atoms with Gasteiger partial charge in [0.15, 0.2) is 0 Å². The highest BCUT2D eigenvalue weighted by Crippen LogP contribution is 2.22. The molecule has 0 bridgehead atoms. The van der Waals surface area contributed by atoms with Crippen molar-refractivity contribution in [2.24, 2.45) is 0 Å². The lowest BCUT2D eigenvalue weighted by Gasteiger charge is -2.19. The molecule has 0 aliphatic heterocycles. The first kappa shape index (κ1) is 16.3. The molecule has 0 atom stereocenters. The Morgan fingerprint density at radius 2 is 2.00 bits per heavy atom. The van der Waals surface area contributed by atoms with E-state index in [2.05, 4.69) is 5.32 Å². The second-order valence-corrected chi connectivity index (χ2v) is 5.42. The van der Waals surface area contributed by atoms with Crippen molar-refractivity contribution in [3.8, 4) is 5.75 Å². The molecule has 0 aromatic heterocycles. The van der Waals surface area contributed by atoms with E-state index < -0.39 is 0 Å². The quantitative estimate of drug-likeness (QED) is 0.619. The average Bonchev–Trinajstić information content (AvgIpc) is 2.35. The van der Waals surface area contributed by atoms with Crippen LogP contribution in [0.3, 0.4) is 0 Å². The van der Waals surface area contributed by atoms with Crippen LogP contribution in [0.2, 0.25) is 0 Å². The van der Waals surface area contributed by atoms with Crippen LogP contribution in [0.25, 0.3) is 0 Å². The standard InChI is InChI=1S/C15H24N2O3/c1-5-17-14(18)11-6-7-12(16)13(10-11)19-8-9-20-15(2,3)4/h6-7,10H,5,8-9,16H2,1-4H3,(H,17,18). The lowest BCUT2D eigenvalue weighted by atomic mass is 10.2. The highest BCUT2D eigenvalue weighted by Gasteiger charge is 2.11. The van der Waals surface area contributed by atoms with Crippen LogP contribution in [0.4, 0.5) is 5.69 Å². The van der Waals surface area contributed by atoms with Gasteiger partial charge in [0.05, 0.1) is 17.9 Å². The molecule has 5 nitrogen and oxygen atoms in total. The maximum Gasteiger partial charge on any atom is 0.251 e. The van der Waals surface area contributed by atoms with Crippen LogP contribution in [0, 0.1) is 0 Å². The van der Waals surface area contributed by atoms with Crippen LogP contribution in [-0.2, 0) is 4.74 Å². The second kappa shape index (κ2) is 7.14. The van der Waals surface area contributed by atoms with E-state index in [1.165, 1.54) is 0 Å². The van der Waals surface area contributed by atoms with Gasteiger partial charge in [0.2, 0.25) is 0 Å². The molecule has 0 saturated heterocycles. The fourth-order valence-corrected chi connectivity index (χ4v) is 1.56. The topological polar surface area (TPSA) is 73.6 Å². The summed E-state index contributed by atoms with van der Waals surface area (Å²) in [5.41, 5.74) is 6.68. The first-order valence-corrected chi connectivity index (χ1v) is 6.78. The van der Waals surface area contributed by atoms with Gasteiger partial charge in [-0.2, -0.15) is 0 Å². The van der Waals surface area contributed by atoms with Gasteiger partial charge >= 0.3 is 0 Å². The van der Waals surface area contributed by atoms with Gasteiger partial charge in [0.25, 0.3) is 5.91 Å². The van der Waals surface area contributed by atoms with Crippen molar-refractivity contribution in [3.05, 3.63) is 23.8 Å². The summed E-state index contributed by atoms with van der Waals surface area (Å²) in [6, 6.07) is 5.00. The maximum absolute atomic E-state index is 11.7. The fraction of sp³-hybridized carbons (Fsp3) is 0.533. The molecule has 0 unspecified atom stereocenters. The van der Waals surface area contributed by atoms with E-state index in [9.17, 15) is 4.79 Å². The zero-order valence-electron chi connectivity index (χ0n) is 12.7. The van der Waals surface area contributed by atoms with Gasteiger partial charge in [0.1, 0.15) is 12.4 Å². The van der Waals surface area contributed by atoms with Crippen LogP contribution in [0.1, 0.15) is 38.1 Å². The fourth-order valence-electron chi connectivity index (χ4n) is 1.56. The van der Waals surface area contributed by atoms with Gasteiger partial charge in [-0.3, -0.25) is 4.79 Å². The molecule has 3 N–H and O–H groups in total. The minimum Gasteiger partial charge on any atom is -0.489 e. The van der Waals surface area contributed by atoms with Gasteiger partial charge in [-0.1, -0.05) is 0 Å². The van der Waals surface area contributed by atoms with Crippen molar-refractivity contribution in [2.75, 3.05) is 25.5 Å². The molecule has 0 heterocycles. The molecule has 112 valence electrons. The molecule has 1 aromatic carbocycles. The monoisotopic (exact) mass is 280 g/mol. The van der Waals surface area contributed by atoms with E-state index in [1.54, 1.807) is 18.2 Å². The normalized spacial score (nSPS) is 11.2. The summed E-state index contributed by atoms with van der Waals surface area (Å²) in [5.74, 6) is 0.370. The Balaban J connectivity index is 2.61. The molecule has 20 heavy (non-hydrogen) atoms. The van der Waals surface area contributed by atoms with E-state index in [-0.39, 0.29) is 11.5 Å². The largest absolute Gasteiger partial charge is 0.489 e. The van der Waals surface area contributed by atoms with Gasteiger partial charge in [-0.15, -0.1) is 0 Å². The molecule has 0 spiro atoms.